The van der Waals surface area contributed by atoms with E-state index in [0.717, 1.165) is 5.56 Å². The van der Waals surface area contributed by atoms with Gasteiger partial charge in [-0.05, 0) is 42.3 Å². The third-order valence-corrected chi connectivity index (χ3v) is 4.34. The highest BCUT2D eigenvalue weighted by molar-refractivity contribution is 5.28. The number of alkyl halides is 1. The molecule has 1 fully saturated rings. The molecule has 0 amide bonds. The van der Waals surface area contributed by atoms with Gasteiger partial charge in [0.1, 0.15) is 6.17 Å². The second-order valence-corrected chi connectivity index (χ2v) is 5.84. The van der Waals surface area contributed by atoms with Crippen molar-refractivity contribution in [1.82, 2.24) is 0 Å². The zero-order valence-electron chi connectivity index (χ0n) is 11.4. The van der Waals surface area contributed by atoms with Crippen molar-refractivity contribution in [2.24, 2.45) is 17.6 Å². The molecular formula is C16H24FN. The Labute approximate surface area is 110 Å². The highest BCUT2D eigenvalue weighted by Crippen LogP contribution is 2.37. The molecular weight excluding hydrogens is 225 g/mol. The Morgan fingerprint density at radius 1 is 1.22 bits per heavy atom. The Kier molecular flexibility index (Phi) is 4.39. The summed E-state index contributed by atoms with van der Waals surface area (Å²) in [4.78, 5) is 0. The summed E-state index contributed by atoms with van der Waals surface area (Å²) in [6, 6.07) is 8.09. The lowest BCUT2D eigenvalue weighted by Gasteiger charge is -2.27. The molecule has 1 aromatic carbocycles. The summed E-state index contributed by atoms with van der Waals surface area (Å²) in [6.45, 7) is 4.48. The Bertz CT molecular complexity index is 367. The van der Waals surface area contributed by atoms with Gasteiger partial charge in [0.05, 0.1) is 0 Å². The fourth-order valence-electron chi connectivity index (χ4n) is 2.67. The molecule has 0 radical (unpaired) electrons. The van der Waals surface area contributed by atoms with Crippen LogP contribution >= 0.6 is 0 Å². The Morgan fingerprint density at radius 3 is 2.22 bits per heavy atom. The summed E-state index contributed by atoms with van der Waals surface area (Å²) in [6.07, 6.45) is 2.97. The summed E-state index contributed by atoms with van der Waals surface area (Å²) < 4.78 is 14.4. The summed E-state index contributed by atoms with van der Waals surface area (Å²) in [5.74, 6) is 0.906. The highest BCUT2D eigenvalue weighted by atomic mass is 19.1. The van der Waals surface area contributed by atoms with Crippen molar-refractivity contribution in [3.63, 3.8) is 0 Å². The zero-order chi connectivity index (χ0) is 13.1. The highest BCUT2D eigenvalue weighted by Gasteiger charge is 2.25. The Balaban J connectivity index is 2.07. The van der Waals surface area contributed by atoms with Crippen LogP contribution in [0.1, 0.15) is 56.3 Å². The first kappa shape index (κ1) is 13.5. The van der Waals surface area contributed by atoms with Crippen molar-refractivity contribution in [3.8, 4) is 0 Å². The van der Waals surface area contributed by atoms with E-state index in [2.05, 4.69) is 12.1 Å². The van der Waals surface area contributed by atoms with Crippen molar-refractivity contribution in [2.45, 2.75) is 45.2 Å². The molecule has 2 rings (SSSR count). The summed E-state index contributed by atoms with van der Waals surface area (Å²) >= 11 is 0. The molecule has 100 valence electrons. The molecule has 2 unspecified atom stereocenters. The SMILES string of the molecule is CC(C)C(CN)C(F)c1ccc(C2CCC2)cc1. The number of benzene rings is 1. The van der Waals surface area contributed by atoms with Gasteiger partial charge in [0.15, 0.2) is 0 Å². The van der Waals surface area contributed by atoms with Crippen molar-refractivity contribution in [2.75, 3.05) is 6.54 Å². The molecule has 1 nitrogen and oxygen atoms in total. The largest absolute Gasteiger partial charge is 0.330 e. The molecule has 2 N–H and O–H groups in total. The van der Waals surface area contributed by atoms with Crippen molar-refractivity contribution in [1.29, 1.82) is 0 Å². The summed E-state index contributed by atoms with van der Waals surface area (Å²) in [7, 11) is 0. The second-order valence-electron chi connectivity index (χ2n) is 5.84. The second kappa shape index (κ2) is 5.83. The van der Waals surface area contributed by atoms with Gasteiger partial charge in [-0.15, -0.1) is 0 Å². The lowest BCUT2D eigenvalue weighted by Crippen LogP contribution is -2.24. The van der Waals surface area contributed by atoms with Crippen LogP contribution in [-0.4, -0.2) is 6.54 Å². The molecule has 1 saturated carbocycles. The van der Waals surface area contributed by atoms with Gasteiger partial charge in [-0.2, -0.15) is 0 Å². The van der Waals surface area contributed by atoms with Crippen molar-refractivity contribution >= 4 is 0 Å². The van der Waals surface area contributed by atoms with E-state index < -0.39 is 6.17 Å². The van der Waals surface area contributed by atoms with Crippen LogP contribution in [0.4, 0.5) is 4.39 Å². The minimum absolute atomic E-state index is 0.0837. The van der Waals surface area contributed by atoms with Crippen LogP contribution in [0.2, 0.25) is 0 Å². The molecule has 1 aliphatic carbocycles. The first-order valence-corrected chi connectivity index (χ1v) is 7.07. The first-order chi connectivity index (χ1) is 8.63. The number of nitrogens with two attached hydrogens (primary N) is 1. The molecule has 0 heterocycles. The monoisotopic (exact) mass is 249 g/mol. The molecule has 0 spiro atoms. The predicted octanol–water partition coefficient (Wildman–Crippen LogP) is 4.20. The molecule has 1 aromatic rings. The van der Waals surface area contributed by atoms with Crippen LogP contribution in [0.15, 0.2) is 24.3 Å². The zero-order valence-corrected chi connectivity index (χ0v) is 11.4. The molecule has 2 heteroatoms. The normalized spacial score (nSPS) is 19.6. The maximum Gasteiger partial charge on any atom is 0.129 e. The van der Waals surface area contributed by atoms with Gasteiger partial charge in [-0.3, -0.25) is 0 Å². The standard InChI is InChI=1S/C16H24FN/c1-11(2)15(10-18)16(17)14-8-6-13(7-9-14)12-4-3-5-12/h6-9,11-12,15-16H,3-5,10,18H2,1-2H3. The van der Waals surface area contributed by atoms with Gasteiger partial charge < -0.3 is 5.73 Å². The maximum absolute atomic E-state index is 14.4. The fourth-order valence-corrected chi connectivity index (χ4v) is 2.67. The minimum atomic E-state index is -0.939. The Morgan fingerprint density at radius 2 is 1.83 bits per heavy atom. The van der Waals surface area contributed by atoms with E-state index in [9.17, 15) is 4.39 Å². The van der Waals surface area contributed by atoms with E-state index in [0.29, 0.717) is 12.5 Å². The molecule has 0 saturated heterocycles. The third-order valence-electron chi connectivity index (χ3n) is 4.34. The van der Waals surface area contributed by atoms with Crippen LogP contribution in [0.25, 0.3) is 0 Å². The number of rotatable bonds is 5. The van der Waals surface area contributed by atoms with Gasteiger partial charge >= 0.3 is 0 Å². The maximum atomic E-state index is 14.4. The number of halogens is 1. The number of hydrogen-bond acceptors (Lipinski definition) is 1. The lowest BCUT2D eigenvalue weighted by molar-refractivity contribution is 0.188. The quantitative estimate of drug-likeness (QED) is 0.831. The van der Waals surface area contributed by atoms with Crippen LogP contribution in [0.3, 0.4) is 0 Å². The van der Waals surface area contributed by atoms with Crippen molar-refractivity contribution < 1.29 is 4.39 Å². The minimum Gasteiger partial charge on any atom is -0.330 e. The van der Waals surface area contributed by atoms with Crippen LogP contribution in [0.5, 0.6) is 0 Å². The first-order valence-electron chi connectivity index (χ1n) is 7.07. The van der Waals surface area contributed by atoms with Gasteiger partial charge in [-0.1, -0.05) is 44.5 Å². The summed E-state index contributed by atoms with van der Waals surface area (Å²) in [5.41, 5.74) is 7.83. The predicted molar refractivity (Wildman–Crippen MR) is 74.3 cm³/mol. The van der Waals surface area contributed by atoms with E-state index in [1.165, 1.54) is 24.8 Å². The smallest absolute Gasteiger partial charge is 0.129 e. The third kappa shape index (κ3) is 2.74. The van der Waals surface area contributed by atoms with Crippen LogP contribution in [-0.2, 0) is 0 Å². The molecule has 0 bridgehead atoms. The van der Waals surface area contributed by atoms with Crippen molar-refractivity contribution in [3.05, 3.63) is 35.4 Å². The molecule has 1 aliphatic rings. The average molecular weight is 249 g/mol. The Hall–Kier alpha value is -0.890. The lowest BCUT2D eigenvalue weighted by atomic mass is 9.79. The molecule has 0 aromatic heterocycles. The van der Waals surface area contributed by atoms with E-state index in [1.54, 1.807) is 0 Å². The molecule has 2 atom stereocenters. The van der Waals surface area contributed by atoms with Gasteiger partial charge in [-0.25, -0.2) is 4.39 Å². The summed E-state index contributed by atoms with van der Waals surface area (Å²) in [5, 5.41) is 0. The molecule has 18 heavy (non-hydrogen) atoms. The van der Waals surface area contributed by atoms with Crippen LogP contribution in [0, 0.1) is 11.8 Å². The van der Waals surface area contributed by atoms with E-state index >= 15 is 0 Å². The van der Waals surface area contributed by atoms with Gasteiger partial charge in [0.2, 0.25) is 0 Å². The number of hydrogen-bond donors (Lipinski definition) is 1. The average Bonchev–Trinajstić information content (AvgIpc) is 2.28. The topological polar surface area (TPSA) is 26.0 Å². The molecule has 0 aliphatic heterocycles. The van der Waals surface area contributed by atoms with E-state index in [-0.39, 0.29) is 11.8 Å². The van der Waals surface area contributed by atoms with Gasteiger partial charge in [0, 0.05) is 5.92 Å². The van der Waals surface area contributed by atoms with E-state index in [4.69, 9.17) is 5.73 Å². The van der Waals surface area contributed by atoms with Gasteiger partial charge in [0.25, 0.3) is 0 Å². The van der Waals surface area contributed by atoms with E-state index in [1.807, 2.05) is 26.0 Å². The fraction of sp³-hybridized carbons (Fsp3) is 0.625. The van der Waals surface area contributed by atoms with Crippen LogP contribution < -0.4 is 5.73 Å².